The van der Waals surface area contributed by atoms with Crippen LogP contribution in [0.15, 0.2) is 41.5 Å². The lowest BCUT2D eigenvalue weighted by Gasteiger charge is -2.32. The summed E-state index contributed by atoms with van der Waals surface area (Å²) in [6.45, 7) is 7.39. The van der Waals surface area contributed by atoms with Gasteiger partial charge in [0.25, 0.3) is 0 Å². The standard InChI is InChI=1S/C23H24F3N3O2/c1-14-11-29(13-17-5-4-6-19(16(17)3)23(24,25)26)20-9-18(10-27-21(20)22(14)30)28-7-8-31-15(2)12-28/h4-6,9-11,15H,7-8,12-13H2,1-3H3/t15-/m1/s1. The van der Waals surface area contributed by atoms with Gasteiger partial charge in [-0.1, -0.05) is 12.1 Å². The predicted molar refractivity (Wildman–Crippen MR) is 114 cm³/mol. The van der Waals surface area contributed by atoms with Gasteiger partial charge in [-0.25, -0.2) is 4.98 Å². The quantitative estimate of drug-likeness (QED) is 0.620. The molecule has 1 saturated heterocycles. The molecule has 2 aromatic heterocycles. The van der Waals surface area contributed by atoms with Crippen molar-refractivity contribution in [3.63, 3.8) is 0 Å². The first-order valence-electron chi connectivity index (χ1n) is 10.2. The van der Waals surface area contributed by atoms with Crippen LogP contribution in [-0.2, 0) is 17.5 Å². The molecule has 3 aromatic rings. The van der Waals surface area contributed by atoms with Crippen LogP contribution in [0.5, 0.6) is 0 Å². The highest BCUT2D eigenvalue weighted by Crippen LogP contribution is 2.33. The van der Waals surface area contributed by atoms with Crippen molar-refractivity contribution in [2.75, 3.05) is 24.6 Å². The smallest absolute Gasteiger partial charge is 0.375 e. The molecule has 0 saturated carbocycles. The van der Waals surface area contributed by atoms with Crippen LogP contribution in [0.25, 0.3) is 11.0 Å². The molecule has 0 radical (unpaired) electrons. The first-order chi connectivity index (χ1) is 14.6. The number of ether oxygens (including phenoxy) is 1. The Labute approximate surface area is 178 Å². The maximum Gasteiger partial charge on any atom is 0.416 e. The Kier molecular flexibility index (Phi) is 5.51. The van der Waals surface area contributed by atoms with Crippen molar-refractivity contribution in [1.82, 2.24) is 9.55 Å². The van der Waals surface area contributed by atoms with Gasteiger partial charge in [0.2, 0.25) is 5.43 Å². The van der Waals surface area contributed by atoms with Crippen molar-refractivity contribution in [3.05, 3.63) is 69.1 Å². The number of anilines is 1. The number of aryl methyl sites for hydroxylation is 1. The van der Waals surface area contributed by atoms with E-state index in [1.165, 1.54) is 13.0 Å². The number of halogens is 3. The predicted octanol–water partition coefficient (Wildman–Crippen LogP) is 4.31. The average Bonchev–Trinajstić information content (AvgIpc) is 2.72. The summed E-state index contributed by atoms with van der Waals surface area (Å²) >= 11 is 0. The summed E-state index contributed by atoms with van der Waals surface area (Å²) in [5, 5.41) is 0. The van der Waals surface area contributed by atoms with E-state index in [-0.39, 0.29) is 23.6 Å². The van der Waals surface area contributed by atoms with E-state index in [1.54, 1.807) is 25.4 Å². The summed E-state index contributed by atoms with van der Waals surface area (Å²) in [5.41, 5.74) is 2.19. The molecule has 1 atom stereocenters. The topological polar surface area (TPSA) is 47.4 Å². The Morgan fingerprint density at radius 1 is 1.26 bits per heavy atom. The highest BCUT2D eigenvalue weighted by atomic mass is 19.4. The molecule has 0 N–H and O–H groups in total. The molecule has 0 amide bonds. The van der Waals surface area contributed by atoms with Crippen LogP contribution < -0.4 is 10.3 Å². The largest absolute Gasteiger partial charge is 0.416 e. The zero-order valence-electron chi connectivity index (χ0n) is 17.7. The lowest BCUT2D eigenvalue weighted by atomic mass is 10.0. The van der Waals surface area contributed by atoms with Crippen molar-refractivity contribution in [3.8, 4) is 0 Å². The van der Waals surface area contributed by atoms with Crippen LogP contribution >= 0.6 is 0 Å². The van der Waals surface area contributed by atoms with E-state index in [1.807, 2.05) is 17.6 Å². The van der Waals surface area contributed by atoms with Crippen LogP contribution in [-0.4, -0.2) is 35.4 Å². The van der Waals surface area contributed by atoms with Gasteiger partial charge in [-0.3, -0.25) is 4.79 Å². The maximum absolute atomic E-state index is 13.4. The van der Waals surface area contributed by atoms with E-state index >= 15 is 0 Å². The summed E-state index contributed by atoms with van der Waals surface area (Å²) in [6, 6.07) is 6.09. The molecular weight excluding hydrogens is 407 g/mol. The monoisotopic (exact) mass is 431 g/mol. The number of morpholine rings is 1. The molecule has 1 aliphatic heterocycles. The molecule has 0 bridgehead atoms. The van der Waals surface area contributed by atoms with Gasteiger partial charge in [0.15, 0.2) is 0 Å². The minimum atomic E-state index is -4.41. The number of fused-ring (bicyclic) bond motifs is 1. The van der Waals surface area contributed by atoms with E-state index in [2.05, 4.69) is 9.88 Å². The van der Waals surface area contributed by atoms with Crippen molar-refractivity contribution in [2.45, 2.75) is 39.6 Å². The molecule has 0 spiro atoms. The van der Waals surface area contributed by atoms with Gasteiger partial charge in [-0.15, -0.1) is 0 Å². The van der Waals surface area contributed by atoms with Crippen LogP contribution in [0.3, 0.4) is 0 Å². The third kappa shape index (κ3) is 4.17. The minimum absolute atomic E-state index is 0.0809. The molecule has 5 nitrogen and oxygen atoms in total. The highest BCUT2D eigenvalue weighted by Gasteiger charge is 2.32. The number of hydrogen-bond acceptors (Lipinski definition) is 4. The lowest BCUT2D eigenvalue weighted by Crippen LogP contribution is -2.41. The number of pyridine rings is 2. The van der Waals surface area contributed by atoms with E-state index in [9.17, 15) is 18.0 Å². The number of aromatic nitrogens is 2. The number of nitrogens with zero attached hydrogens (tertiary/aromatic N) is 3. The number of benzene rings is 1. The SMILES string of the molecule is Cc1c(Cn2cc(C)c(=O)c3ncc(N4CCO[C@H](C)C4)cc32)cccc1C(F)(F)F. The second-order valence-corrected chi connectivity index (χ2v) is 8.05. The van der Waals surface area contributed by atoms with Crippen LogP contribution in [0, 0.1) is 13.8 Å². The van der Waals surface area contributed by atoms with Gasteiger partial charge in [-0.05, 0) is 44.0 Å². The molecule has 1 aliphatic rings. The first-order valence-corrected chi connectivity index (χ1v) is 10.2. The molecule has 1 fully saturated rings. The van der Waals surface area contributed by atoms with E-state index in [4.69, 9.17) is 4.74 Å². The Morgan fingerprint density at radius 3 is 2.74 bits per heavy atom. The zero-order valence-corrected chi connectivity index (χ0v) is 17.7. The number of hydrogen-bond donors (Lipinski definition) is 0. The van der Waals surface area contributed by atoms with Gasteiger partial charge < -0.3 is 14.2 Å². The summed E-state index contributed by atoms with van der Waals surface area (Å²) in [4.78, 5) is 19.2. The summed E-state index contributed by atoms with van der Waals surface area (Å²) < 4.78 is 47.5. The molecule has 0 unspecified atom stereocenters. The molecule has 1 aromatic carbocycles. The second-order valence-electron chi connectivity index (χ2n) is 8.05. The highest BCUT2D eigenvalue weighted by molar-refractivity contribution is 5.79. The van der Waals surface area contributed by atoms with Crippen LogP contribution in [0.2, 0.25) is 0 Å². The van der Waals surface area contributed by atoms with Gasteiger partial charge >= 0.3 is 6.18 Å². The van der Waals surface area contributed by atoms with Crippen molar-refractivity contribution < 1.29 is 17.9 Å². The third-order valence-electron chi connectivity index (χ3n) is 5.78. The van der Waals surface area contributed by atoms with Gasteiger partial charge in [-0.2, -0.15) is 13.2 Å². The number of alkyl halides is 3. The lowest BCUT2D eigenvalue weighted by molar-refractivity contribution is -0.138. The van der Waals surface area contributed by atoms with Crippen molar-refractivity contribution in [2.24, 2.45) is 0 Å². The molecule has 164 valence electrons. The Balaban J connectivity index is 1.81. The molecule has 8 heteroatoms. The second kappa shape index (κ2) is 8.00. The first kappa shape index (κ1) is 21.4. The Hall–Kier alpha value is -2.87. The zero-order chi connectivity index (χ0) is 22.3. The summed E-state index contributed by atoms with van der Waals surface area (Å²) in [6.07, 6.45) is -0.959. The van der Waals surface area contributed by atoms with Gasteiger partial charge in [0.05, 0.1) is 35.7 Å². The summed E-state index contributed by atoms with van der Waals surface area (Å²) in [5.74, 6) is 0. The van der Waals surface area contributed by atoms with E-state index in [0.29, 0.717) is 41.9 Å². The van der Waals surface area contributed by atoms with Crippen molar-refractivity contribution >= 4 is 16.7 Å². The van der Waals surface area contributed by atoms with E-state index < -0.39 is 11.7 Å². The summed E-state index contributed by atoms with van der Waals surface area (Å²) in [7, 11) is 0. The molecule has 4 rings (SSSR count). The average molecular weight is 431 g/mol. The third-order valence-corrected chi connectivity index (χ3v) is 5.78. The Morgan fingerprint density at radius 2 is 2.03 bits per heavy atom. The fourth-order valence-corrected chi connectivity index (χ4v) is 4.09. The fraction of sp³-hybridized carbons (Fsp3) is 0.391. The number of rotatable bonds is 3. The van der Waals surface area contributed by atoms with Gasteiger partial charge in [0, 0.05) is 31.4 Å². The van der Waals surface area contributed by atoms with Crippen LogP contribution in [0.4, 0.5) is 18.9 Å². The van der Waals surface area contributed by atoms with Crippen molar-refractivity contribution in [1.29, 1.82) is 0 Å². The molecule has 31 heavy (non-hydrogen) atoms. The molecule has 3 heterocycles. The molecular formula is C23H24F3N3O2. The van der Waals surface area contributed by atoms with Crippen LogP contribution in [0.1, 0.15) is 29.2 Å². The minimum Gasteiger partial charge on any atom is -0.375 e. The Bertz CT molecular complexity index is 1190. The van der Waals surface area contributed by atoms with E-state index in [0.717, 1.165) is 11.8 Å². The molecule has 0 aliphatic carbocycles. The van der Waals surface area contributed by atoms with Gasteiger partial charge in [0.1, 0.15) is 5.52 Å². The normalized spacial score (nSPS) is 17.4. The fourth-order valence-electron chi connectivity index (χ4n) is 4.09. The maximum atomic E-state index is 13.4.